The third-order valence-electron chi connectivity index (χ3n) is 4.50. The molecule has 2 aromatic carbocycles. The maximum absolute atomic E-state index is 12.8. The van der Waals surface area contributed by atoms with Crippen LogP contribution in [-0.4, -0.2) is 35.5 Å². The number of benzene rings is 2. The number of anilines is 1. The van der Waals surface area contributed by atoms with E-state index in [2.05, 4.69) is 10.4 Å². The number of ether oxygens (including phenoxy) is 3. The number of aromatic nitrogens is 2. The van der Waals surface area contributed by atoms with Crippen LogP contribution in [0, 0.1) is 0 Å². The molecule has 0 aliphatic rings. The number of hydrogen-bond donors (Lipinski definition) is 1. The average molecular weight is 438 g/mol. The first-order valence-corrected chi connectivity index (χ1v) is 10.6. The predicted octanol–water partition coefficient (Wildman–Crippen LogP) is 5.09. The number of hydrogen-bond acceptors (Lipinski definition) is 6. The van der Waals surface area contributed by atoms with Crippen molar-refractivity contribution in [2.24, 2.45) is 7.05 Å². The van der Waals surface area contributed by atoms with Gasteiger partial charge < -0.3 is 19.5 Å². The van der Waals surface area contributed by atoms with E-state index in [1.807, 2.05) is 36.6 Å². The van der Waals surface area contributed by atoms with Crippen LogP contribution in [0.3, 0.4) is 0 Å². The number of carbonyl (C=O) groups excluding carboxylic acids is 1. The van der Waals surface area contributed by atoms with Gasteiger partial charge in [0.2, 0.25) is 0 Å². The largest absolute Gasteiger partial charge is 0.488 e. The van der Waals surface area contributed by atoms with Crippen molar-refractivity contribution in [3.05, 3.63) is 65.7 Å². The second-order valence-corrected chi connectivity index (χ2v) is 8.08. The second kappa shape index (κ2) is 9.20. The normalized spacial score (nSPS) is 12.0. The Morgan fingerprint density at radius 2 is 1.97 bits per heavy atom. The van der Waals surface area contributed by atoms with Gasteiger partial charge in [0.05, 0.1) is 6.61 Å². The fourth-order valence-corrected chi connectivity index (χ4v) is 3.92. The standard InChI is InChI=1S/C23H23N3O4S/c1-15(14-28-3)29-19-11-17(23(27)24-22-6-8-26(2)25-22)12-20(13-19)30-18-4-5-21-16(10-18)7-9-31-21/h4-13,15H,14H2,1-3H3,(H,24,25,27)/t15-/m0/s1. The summed E-state index contributed by atoms with van der Waals surface area (Å²) in [5.74, 6) is 1.87. The van der Waals surface area contributed by atoms with E-state index in [4.69, 9.17) is 14.2 Å². The highest BCUT2D eigenvalue weighted by atomic mass is 32.1. The van der Waals surface area contributed by atoms with E-state index in [1.165, 1.54) is 4.70 Å². The third-order valence-corrected chi connectivity index (χ3v) is 5.39. The molecule has 0 unspecified atom stereocenters. The van der Waals surface area contributed by atoms with Crippen LogP contribution in [0.5, 0.6) is 17.2 Å². The molecule has 4 aromatic rings. The Balaban J connectivity index is 1.62. The van der Waals surface area contributed by atoms with Gasteiger partial charge in [-0.25, -0.2) is 0 Å². The zero-order chi connectivity index (χ0) is 21.8. The predicted molar refractivity (Wildman–Crippen MR) is 121 cm³/mol. The number of nitrogens with zero attached hydrogens (tertiary/aromatic N) is 2. The summed E-state index contributed by atoms with van der Waals surface area (Å²) < 4.78 is 20.0. The molecular weight excluding hydrogens is 414 g/mol. The van der Waals surface area contributed by atoms with Gasteiger partial charge in [-0.05, 0) is 54.1 Å². The van der Waals surface area contributed by atoms with Crippen LogP contribution in [0.25, 0.3) is 10.1 Å². The molecule has 1 atom stereocenters. The number of nitrogens with one attached hydrogen (secondary N) is 1. The van der Waals surface area contributed by atoms with E-state index in [9.17, 15) is 4.79 Å². The van der Waals surface area contributed by atoms with Crippen molar-refractivity contribution in [1.82, 2.24) is 9.78 Å². The van der Waals surface area contributed by atoms with E-state index >= 15 is 0 Å². The molecule has 0 aliphatic heterocycles. The van der Waals surface area contributed by atoms with Crippen LogP contribution in [0.4, 0.5) is 5.82 Å². The molecule has 0 spiro atoms. The van der Waals surface area contributed by atoms with Gasteiger partial charge in [-0.3, -0.25) is 9.48 Å². The lowest BCUT2D eigenvalue weighted by Gasteiger charge is -2.16. The zero-order valence-electron chi connectivity index (χ0n) is 17.5. The van der Waals surface area contributed by atoms with Crippen LogP contribution < -0.4 is 14.8 Å². The van der Waals surface area contributed by atoms with E-state index in [0.717, 1.165) is 5.39 Å². The molecule has 0 radical (unpaired) electrons. The summed E-state index contributed by atoms with van der Waals surface area (Å²) in [6.07, 6.45) is 1.57. The summed E-state index contributed by atoms with van der Waals surface area (Å²) in [6.45, 7) is 2.32. The Bertz CT molecular complexity index is 1200. The highest BCUT2D eigenvalue weighted by Gasteiger charge is 2.14. The Kier molecular flexibility index (Phi) is 6.20. The smallest absolute Gasteiger partial charge is 0.257 e. The minimum absolute atomic E-state index is 0.186. The van der Waals surface area contributed by atoms with Crippen LogP contribution in [0.15, 0.2) is 60.1 Å². The maximum atomic E-state index is 12.8. The molecule has 31 heavy (non-hydrogen) atoms. The highest BCUT2D eigenvalue weighted by molar-refractivity contribution is 7.17. The SMILES string of the molecule is COC[C@H](C)Oc1cc(Oc2ccc3sccc3c2)cc(C(=O)Nc2ccn(C)n2)c1. The van der Waals surface area contributed by atoms with Crippen molar-refractivity contribution in [3.8, 4) is 17.2 Å². The van der Waals surface area contributed by atoms with Crippen molar-refractivity contribution >= 4 is 33.1 Å². The second-order valence-electron chi connectivity index (χ2n) is 7.13. The Labute approximate surface area is 184 Å². The Hall–Kier alpha value is -3.36. The van der Waals surface area contributed by atoms with Crippen LogP contribution in [0.2, 0.25) is 0 Å². The molecule has 1 amide bonds. The number of amides is 1. The molecule has 0 saturated heterocycles. The lowest BCUT2D eigenvalue weighted by atomic mass is 10.1. The molecule has 4 rings (SSSR count). The van der Waals surface area contributed by atoms with Crippen molar-refractivity contribution in [1.29, 1.82) is 0 Å². The van der Waals surface area contributed by atoms with Gasteiger partial charge in [-0.15, -0.1) is 11.3 Å². The van der Waals surface area contributed by atoms with Gasteiger partial charge >= 0.3 is 0 Å². The summed E-state index contributed by atoms with van der Waals surface area (Å²) in [7, 11) is 3.41. The third kappa shape index (κ3) is 5.22. The molecule has 160 valence electrons. The average Bonchev–Trinajstić information content (AvgIpc) is 3.36. The van der Waals surface area contributed by atoms with Gasteiger partial charge in [0, 0.05) is 42.8 Å². The number of methoxy groups -OCH3 is 1. The Morgan fingerprint density at radius 3 is 2.74 bits per heavy atom. The molecule has 0 bridgehead atoms. The minimum Gasteiger partial charge on any atom is -0.488 e. The lowest BCUT2D eigenvalue weighted by molar-refractivity contribution is 0.0915. The van der Waals surface area contributed by atoms with E-state index < -0.39 is 0 Å². The fraction of sp³-hybridized carbons (Fsp3) is 0.217. The summed E-state index contributed by atoms with van der Waals surface area (Å²) in [6, 6.07) is 14.8. The number of rotatable bonds is 8. The molecule has 2 aromatic heterocycles. The molecule has 2 heterocycles. The molecule has 8 heteroatoms. The summed E-state index contributed by atoms with van der Waals surface area (Å²) in [5.41, 5.74) is 0.402. The van der Waals surface area contributed by atoms with E-state index in [0.29, 0.717) is 35.2 Å². The summed E-state index contributed by atoms with van der Waals surface area (Å²) >= 11 is 1.68. The topological polar surface area (TPSA) is 74.6 Å². The van der Waals surface area contributed by atoms with Crippen LogP contribution in [0.1, 0.15) is 17.3 Å². The maximum Gasteiger partial charge on any atom is 0.257 e. The number of aryl methyl sites for hydroxylation is 1. The first kappa shape index (κ1) is 20.9. The summed E-state index contributed by atoms with van der Waals surface area (Å²) in [4.78, 5) is 12.8. The number of carbonyl (C=O) groups is 1. The first-order chi connectivity index (χ1) is 15.0. The number of fused-ring (bicyclic) bond motifs is 1. The van der Waals surface area contributed by atoms with Gasteiger partial charge in [-0.2, -0.15) is 5.10 Å². The molecule has 0 aliphatic carbocycles. The lowest BCUT2D eigenvalue weighted by Crippen LogP contribution is -2.18. The minimum atomic E-state index is -0.304. The molecule has 0 saturated carbocycles. The van der Waals surface area contributed by atoms with Gasteiger partial charge in [-0.1, -0.05) is 0 Å². The first-order valence-electron chi connectivity index (χ1n) is 9.77. The molecule has 7 nitrogen and oxygen atoms in total. The van der Waals surface area contributed by atoms with Crippen LogP contribution >= 0.6 is 11.3 Å². The highest BCUT2D eigenvalue weighted by Crippen LogP contribution is 2.31. The Morgan fingerprint density at radius 1 is 1.13 bits per heavy atom. The zero-order valence-corrected chi connectivity index (χ0v) is 18.3. The monoisotopic (exact) mass is 437 g/mol. The number of thiophene rings is 1. The molecule has 1 N–H and O–H groups in total. The van der Waals surface area contributed by atoms with Crippen LogP contribution in [-0.2, 0) is 11.8 Å². The quantitative estimate of drug-likeness (QED) is 0.415. The molecule has 0 fully saturated rings. The van der Waals surface area contributed by atoms with Gasteiger partial charge in [0.15, 0.2) is 5.82 Å². The fourth-order valence-electron chi connectivity index (χ4n) is 3.15. The van der Waals surface area contributed by atoms with Gasteiger partial charge in [0.1, 0.15) is 23.4 Å². The van der Waals surface area contributed by atoms with Crippen molar-refractivity contribution < 1.29 is 19.0 Å². The van der Waals surface area contributed by atoms with Crippen molar-refractivity contribution in [2.45, 2.75) is 13.0 Å². The van der Waals surface area contributed by atoms with Crippen molar-refractivity contribution in [2.75, 3.05) is 19.0 Å². The van der Waals surface area contributed by atoms with E-state index in [1.54, 1.807) is 60.6 Å². The van der Waals surface area contributed by atoms with Gasteiger partial charge in [0.25, 0.3) is 5.91 Å². The molecular formula is C23H23N3O4S. The summed E-state index contributed by atoms with van der Waals surface area (Å²) in [5, 5.41) is 10.1. The van der Waals surface area contributed by atoms with Crippen molar-refractivity contribution in [3.63, 3.8) is 0 Å². The van der Waals surface area contributed by atoms with E-state index in [-0.39, 0.29) is 12.0 Å².